The van der Waals surface area contributed by atoms with E-state index in [4.69, 9.17) is 4.84 Å². The molecule has 1 heterocycles. The van der Waals surface area contributed by atoms with Crippen molar-refractivity contribution in [1.82, 2.24) is 4.57 Å². The third-order valence-electron chi connectivity index (χ3n) is 7.01. The van der Waals surface area contributed by atoms with E-state index in [2.05, 4.69) is 66.9 Å². The summed E-state index contributed by atoms with van der Waals surface area (Å²) in [5, 5.41) is 15.4. The first-order valence-electron chi connectivity index (χ1n) is 14.1. The molecule has 0 fully saturated rings. The van der Waals surface area contributed by atoms with Crippen molar-refractivity contribution in [2.24, 2.45) is 5.16 Å². The predicted octanol–water partition coefficient (Wildman–Crippen LogP) is 7.68. The molecule has 0 unspecified atom stereocenters. The third kappa shape index (κ3) is 8.24. The first-order valence-corrected chi connectivity index (χ1v) is 14.1. The zero-order valence-electron chi connectivity index (χ0n) is 24.0. The average Bonchev–Trinajstić information content (AvgIpc) is 3.32. The van der Waals surface area contributed by atoms with Gasteiger partial charge in [-0.3, -0.25) is 14.9 Å². The second-order valence-electron chi connectivity index (χ2n) is 10.6. The van der Waals surface area contributed by atoms with Crippen LogP contribution in [-0.2, 0) is 24.2 Å². The van der Waals surface area contributed by atoms with Crippen molar-refractivity contribution in [2.45, 2.75) is 58.9 Å². The average molecular weight is 552 g/mol. The van der Waals surface area contributed by atoms with Crippen LogP contribution in [0.2, 0.25) is 0 Å². The number of rotatable bonds is 14. The summed E-state index contributed by atoms with van der Waals surface area (Å²) in [4.78, 5) is 29.9. The Hall–Kier alpha value is -4.52. The maximum atomic E-state index is 13.5. The highest BCUT2D eigenvalue weighted by molar-refractivity contribution is 5.99. The molecule has 4 rings (SSSR count). The lowest BCUT2D eigenvalue weighted by Crippen LogP contribution is -2.12. The normalized spacial score (nSPS) is 11.3. The molecule has 41 heavy (non-hydrogen) atoms. The number of aromatic nitrogens is 1. The maximum absolute atomic E-state index is 13.5. The summed E-state index contributed by atoms with van der Waals surface area (Å²) in [6, 6.07) is 27.0. The second-order valence-corrected chi connectivity index (χ2v) is 10.6. The Morgan fingerprint density at radius 1 is 0.951 bits per heavy atom. The van der Waals surface area contributed by atoms with E-state index >= 15 is 0 Å². The zero-order chi connectivity index (χ0) is 29.2. The van der Waals surface area contributed by atoms with Crippen LogP contribution in [0.1, 0.15) is 76.6 Å². The molecule has 0 saturated heterocycles. The number of hydrogen-bond acceptors (Lipinski definition) is 5. The fourth-order valence-electron chi connectivity index (χ4n) is 5.05. The SMILES string of the molecule is Cc1cccc(CCCON=Cc2cc(C(=O)CCc3cccc([N+](=O)[O-])c3)c(C(C)C)n2Cc2ccccc2)c1. The van der Waals surface area contributed by atoms with Crippen molar-refractivity contribution in [3.8, 4) is 0 Å². The van der Waals surface area contributed by atoms with Crippen LogP contribution in [0, 0.1) is 17.0 Å². The van der Waals surface area contributed by atoms with Gasteiger partial charge in [0, 0.05) is 36.4 Å². The second kappa shape index (κ2) is 14.2. The van der Waals surface area contributed by atoms with Crippen LogP contribution in [0.4, 0.5) is 5.69 Å². The molecule has 0 saturated carbocycles. The smallest absolute Gasteiger partial charge is 0.269 e. The molecule has 212 valence electrons. The molecule has 0 bridgehead atoms. The van der Waals surface area contributed by atoms with E-state index in [0.29, 0.717) is 25.1 Å². The molecule has 0 spiro atoms. The van der Waals surface area contributed by atoms with Crippen LogP contribution in [0.3, 0.4) is 0 Å². The Kier molecular flexibility index (Phi) is 10.2. The molecule has 0 aliphatic heterocycles. The summed E-state index contributed by atoms with van der Waals surface area (Å²) in [6.07, 6.45) is 4.14. The Bertz CT molecular complexity index is 1510. The highest BCUT2D eigenvalue weighted by Gasteiger charge is 2.22. The molecule has 7 heteroatoms. The molecule has 7 nitrogen and oxygen atoms in total. The number of carbonyl (C=O) groups excluding carboxylic acids is 1. The number of non-ortho nitro benzene ring substituents is 1. The lowest BCUT2D eigenvalue weighted by Gasteiger charge is -2.16. The molecule has 0 N–H and O–H groups in total. The predicted molar refractivity (Wildman–Crippen MR) is 163 cm³/mol. The van der Waals surface area contributed by atoms with Crippen molar-refractivity contribution >= 4 is 17.7 Å². The zero-order valence-corrected chi connectivity index (χ0v) is 24.0. The Labute approximate surface area is 241 Å². The van der Waals surface area contributed by atoms with E-state index in [9.17, 15) is 14.9 Å². The summed E-state index contributed by atoms with van der Waals surface area (Å²) in [5.74, 6) is 0.0913. The van der Waals surface area contributed by atoms with Gasteiger partial charge in [-0.15, -0.1) is 0 Å². The van der Waals surface area contributed by atoms with Crippen molar-refractivity contribution in [2.75, 3.05) is 6.61 Å². The van der Waals surface area contributed by atoms with Crippen LogP contribution in [0.25, 0.3) is 0 Å². The fourth-order valence-corrected chi connectivity index (χ4v) is 5.05. The van der Waals surface area contributed by atoms with Gasteiger partial charge in [0.15, 0.2) is 5.78 Å². The molecule has 0 radical (unpaired) electrons. The number of nitrogens with zero attached hydrogens (tertiary/aromatic N) is 3. The molecule has 3 aromatic carbocycles. The van der Waals surface area contributed by atoms with Gasteiger partial charge in [0.1, 0.15) is 6.61 Å². The molecule has 1 aromatic heterocycles. The minimum Gasteiger partial charge on any atom is -0.396 e. The Balaban J connectivity index is 1.51. The van der Waals surface area contributed by atoms with E-state index in [0.717, 1.165) is 35.4 Å². The highest BCUT2D eigenvalue weighted by atomic mass is 16.6. The van der Waals surface area contributed by atoms with E-state index in [1.807, 2.05) is 30.3 Å². The van der Waals surface area contributed by atoms with Crippen molar-refractivity contribution < 1.29 is 14.6 Å². The van der Waals surface area contributed by atoms with Gasteiger partial charge < -0.3 is 9.40 Å². The van der Waals surface area contributed by atoms with E-state index in [-0.39, 0.29) is 23.8 Å². The number of nitro benzene ring substituents is 1. The standard InChI is InChI=1S/C34H37N3O4/c1-25(2)34-32(33(38)18-17-28-14-8-16-30(21-28)37(39)40)22-31(36(34)24-29-11-5-4-6-12-29)23-35-41-19-9-15-27-13-7-10-26(3)20-27/h4-8,10-14,16,20-23,25H,9,15,17-19,24H2,1-3H3. The molecular weight excluding hydrogens is 514 g/mol. The van der Waals surface area contributed by atoms with Crippen LogP contribution in [0.5, 0.6) is 0 Å². The minimum absolute atomic E-state index is 0.000686. The van der Waals surface area contributed by atoms with Crippen LogP contribution in [-0.4, -0.2) is 28.1 Å². The molecule has 0 atom stereocenters. The van der Waals surface area contributed by atoms with Crippen LogP contribution >= 0.6 is 0 Å². The number of ketones is 1. The minimum atomic E-state index is -0.415. The van der Waals surface area contributed by atoms with Gasteiger partial charge >= 0.3 is 0 Å². The van der Waals surface area contributed by atoms with Gasteiger partial charge in [-0.25, -0.2) is 0 Å². The summed E-state index contributed by atoms with van der Waals surface area (Å²) in [7, 11) is 0. The lowest BCUT2D eigenvalue weighted by molar-refractivity contribution is -0.384. The molecule has 0 aliphatic rings. The first kappa shape index (κ1) is 29.5. The fraction of sp³-hybridized carbons (Fsp3) is 0.294. The van der Waals surface area contributed by atoms with E-state index < -0.39 is 4.92 Å². The van der Waals surface area contributed by atoms with Crippen molar-refractivity contribution in [3.05, 3.63) is 134 Å². The van der Waals surface area contributed by atoms with Gasteiger partial charge in [-0.05, 0) is 54.9 Å². The molecule has 0 amide bonds. The van der Waals surface area contributed by atoms with Crippen LogP contribution < -0.4 is 0 Å². The number of carbonyl (C=O) groups is 1. The van der Waals surface area contributed by atoms with Gasteiger partial charge in [0.05, 0.1) is 16.8 Å². The van der Waals surface area contributed by atoms with Gasteiger partial charge in [0.2, 0.25) is 0 Å². The van der Waals surface area contributed by atoms with Gasteiger partial charge in [0.25, 0.3) is 5.69 Å². The highest BCUT2D eigenvalue weighted by Crippen LogP contribution is 2.27. The van der Waals surface area contributed by atoms with Gasteiger partial charge in [-0.2, -0.15) is 0 Å². The number of oxime groups is 1. The number of nitro groups is 1. The Morgan fingerprint density at radius 3 is 2.37 bits per heavy atom. The summed E-state index contributed by atoms with van der Waals surface area (Å²) >= 11 is 0. The third-order valence-corrected chi connectivity index (χ3v) is 7.01. The van der Waals surface area contributed by atoms with E-state index in [1.165, 1.54) is 23.3 Å². The lowest BCUT2D eigenvalue weighted by atomic mass is 9.98. The number of hydrogen-bond donors (Lipinski definition) is 0. The molecule has 4 aromatic rings. The van der Waals surface area contributed by atoms with Gasteiger partial charge in [-0.1, -0.05) is 91.3 Å². The molecular formula is C34H37N3O4. The maximum Gasteiger partial charge on any atom is 0.269 e. The largest absolute Gasteiger partial charge is 0.396 e. The van der Waals surface area contributed by atoms with Crippen molar-refractivity contribution in [1.29, 1.82) is 0 Å². The Morgan fingerprint density at radius 2 is 1.66 bits per heavy atom. The van der Waals surface area contributed by atoms with Crippen molar-refractivity contribution in [3.63, 3.8) is 0 Å². The van der Waals surface area contributed by atoms with Crippen LogP contribution in [0.15, 0.2) is 90.1 Å². The topological polar surface area (TPSA) is 86.7 Å². The molecule has 0 aliphatic carbocycles. The number of aryl methyl sites for hydroxylation is 3. The monoisotopic (exact) mass is 551 g/mol. The summed E-state index contributed by atoms with van der Waals surface area (Å²) in [5.41, 5.74) is 6.85. The number of Topliss-reactive ketones (excluding diaryl/α,β-unsaturated/α-hetero) is 1. The quantitative estimate of drug-likeness (QED) is 0.0529. The summed E-state index contributed by atoms with van der Waals surface area (Å²) in [6.45, 7) is 7.35. The first-order chi connectivity index (χ1) is 19.8. The summed E-state index contributed by atoms with van der Waals surface area (Å²) < 4.78 is 2.14. The number of benzene rings is 3. The van der Waals surface area contributed by atoms with E-state index in [1.54, 1.807) is 12.3 Å².